The van der Waals surface area contributed by atoms with Crippen molar-refractivity contribution in [1.82, 2.24) is 5.32 Å². The largest absolute Gasteiger partial charge is 0.481 e. The number of rotatable bonds is 4. The number of carbonyl (C=O) groups is 2. The minimum Gasteiger partial charge on any atom is -0.481 e. The highest BCUT2D eigenvalue weighted by Gasteiger charge is 2.53. The summed E-state index contributed by atoms with van der Waals surface area (Å²) in [7, 11) is 0. The Kier molecular flexibility index (Phi) is 3.05. The van der Waals surface area contributed by atoms with Crippen molar-refractivity contribution in [2.45, 2.75) is 25.8 Å². The predicted molar refractivity (Wildman–Crippen MR) is 66.0 cm³/mol. The number of fused-ring (bicyclic) bond motifs is 2. The van der Waals surface area contributed by atoms with Crippen LogP contribution in [0.15, 0.2) is 22.8 Å². The van der Waals surface area contributed by atoms with E-state index in [0.717, 1.165) is 19.3 Å². The minimum absolute atomic E-state index is 0.143. The number of carbonyl (C=O) groups excluding carboxylic acids is 1. The second-order valence-electron chi connectivity index (χ2n) is 5.52. The molecule has 5 heteroatoms. The number of hydrogen-bond donors (Lipinski definition) is 2. The molecular weight excluding hydrogens is 246 g/mol. The van der Waals surface area contributed by atoms with Crippen molar-refractivity contribution in [3.8, 4) is 0 Å². The average molecular weight is 263 g/mol. The van der Waals surface area contributed by atoms with Crippen molar-refractivity contribution in [1.29, 1.82) is 0 Å². The molecule has 0 aromatic carbocycles. The molecule has 1 aromatic rings. The van der Waals surface area contributed by atoms with E-state index in [1.54, 1.807) is 18.4 Å². The molecule has 0 spiro atoms. The minimum atomic E-state index is -0.828. The molecule has 5 nitrogen and oxygen atoms in total. The Hall–Kier alpha value is -1.78. The summed E-state index contributed by atoms with van der Waals surface area (Å²) in [5, 5.41) is 12.1. The van der Waals surface area contributed by atoms with E-state index in [2.05, 4.69) is 5.32 Å². The summed E-state index contributed by atoms with van der Waals surface area (Å²) in [6, 6.07) is 3.55. The lowest BCUT2D eigenvalue weighted by Crippen LogP contribution is -2.40. The van der Waals surface area contributed by atoms with Gasteiger partial charge in [-0.3, -0.25) is 9.59 Å². The molecule has 2 bridgehead atoms. The lowest BCUT2D eigenvalue weighted by molar-refractivity contribution is -0.149. The summed E-state index contributed by atoms with van der Waals surface area (Å²) in [4.78, 5) is 23.6. The Labute approximate surface area is 111 Å². The van der Waals surface area contributed by atoms with Gasteiger partial charge in [0.05, 0.1) is 24.6 Å². The third-order valence-electron chi connectivity index (χ3n) is 4.52. The lowest BCUT2D eigenvalue weighted by atomic mass is 9.79. The van der Waals surface area contributed by atoms with Gasteiger partial charge in [-0.1, -0.05) is 0 Å². The van der Waals surface area contributed by atoms with E-state index in [4.69, 9.17) is 4.42 Å². The van der Waals surface area contributed by atoms with Crippen molar-refractivity contribution in [3.63, 3.8) is 0 Å². The third-order valence-corrected chi connectivity index (χ3v) is 4.52. The van der Waals surface area contributed by atoms with Crippen molar-refractivity contribution >= 4 is 11.9 Å². The highest BCUT2D eigenvalue weighted by Crippen LogP contribution is 2.52. The Bertz CT molecular complexity index is 482. The zero-order valence-electron chi connectivity index (χ0n) is 10.5. The number of nitrogens with one attached hydrogen (secondary N) is 1. The fourth-order valence-electron chi connectivity index (χ4n) is 3.73. The van der Waals surface area contributed by atoms with Crippen LogP contribution in [0.3, 0.4) is 0 Å². The topological polar surface area (TPSA) is 79.5 Å². The van der Waals surface area contributed by atoms with Gasteiger partial charge in [-0.05, 0) is 43.2 Å². The van der Waals surface area contributed by atoms with Crippen LogP contribution in [0, 0.1) is 23.7 Å². The van der Waals surface area contributed by atoms with Gasteiger partial charge in [-0.2, -0.15) is 0 Å². The number of furan rings is 1. The van der Waals surface area contributed by atoms with Crippen molar-refractivity contribution in [2.24, 2.45) is 23.7 Å². The molecule has 1 amide bonds. The molecule has 0 aliphatic heterocycles. The molecular formula is C14H17NO4. The van der Waals surface area contributed by atoms with Crippen LogP contribution in [0.25, 0.3) is 0 Å². The molecule has 3 rings (SSSR count). The van der Waals surface area contributed by atoms with Crippen LogP contribution in [-0.4, -0.2) is 17.0 Å². The summed E-state index contributed by atoms with van der Waals surface area (Å²) in [6.07, 6.45) is 4.37. The maximum Gasteiger partial charge on any atom is 0.307 e. The summed E-state index contributed by atoms with van der Waals surface area (Å²) >= 11 is 0. The molecule has 2 saturated carbocycles. The highest BCUT2D eigenvalue weighted by molar-refractivity contribution is 5.86. The number of carboxylic acids is 1. The fourth-order valence-corrected chi connectivity index (χ4v) is 3.73. The molecule has 0 unspecified atom stereocenters. The summed E-state index contributed by atoms with van der Waals surface area (Å²) in [5.74, 6) is -0.740. The second-order valence-corrected chi connectivity index (χ2v) is 5.52. The van der Waals surface area contributed by atoms with Gasteiger partial charge in [0.25, 0.3) is 0 Å². The molecule has 2 N–H and O–H groups in total. The summed E-state index contributed by atoms with van der Waals surface area (Å²) in [6.45, 7) is 0.325. The molecule has 19 heavy (non-hydrogen) atoms. The molecule has 0 radical (unpaired) electrons. The van der Waals surface area contributed by atoms with E-state index < -0.39 is 11.9 Å². The quantitative estimate of drug-likeness (QED) is 0.865. The van der Waals surface area contributed by atoms with Gasteiger partial charge in [0.1, 0.15) is 5.76 Å². The second kappa shape index (κ2) is 4.72. The van der Waals surface area contributed by atoms with Gasteiger partial charge >= 0.3 is 5.97 Å². The van der Waals surface area contributed by atoms with Gasteiger partial charge in [0, 0.05) is 0 Å². The number of hydrogen-bond acceptors (Lipinski definition) is 3. The van der Waals surface area contributed by atoms with Gasteiger partial charge in [-0.15, -0.1) is 0 Å². The first-order chi connectivity index (χ1) is 9.16. The first-order valence-corrected chi connectivity index (χ1v) is 6.69. The van der Waals surface area contributed by atoms with Crippen molar-refractivity contribution < 1.29 is 19.1 Å². The maximum atomic E-state index is 12.2. The van der Waals surface area contributed by atoms with E-state index in [9.17, 15) is 14.7 Å². The number of amides is 1. The molecule has 4 atom stereocenters. The Morgan fingerprint density at radius 3 is 2.68 bits per heavy atom. The average Bonchev–Trinajstić information content (AvgIpc) is 3.10. The van der Waals surface area contributed by atoms with Crippen LogP contribution in [0.5, 0.6) is 0 Å². The van der Waals surface area contributed by atoms with E-state index in [-0.39, 0.29) is 23.7 Å². The zero-order chi connectivity index (χ0) is 13.4. The zero-order valence-corrected chi connectivity index (χ0v) is 10.5. The standard InChI is InChI=1S/C14H17NO4/c16-13(15-7-10-2-1-5-19-10)11-8-3-4-9(6-8)12(11)14(17)18/h1-2,5,8-9,11-12H,3-4,6-7H2,(H,15,16)(H,17,18)/t8-,9+,11-,12+/m1/s1. The number of aliphatic carboxylic acids is 1. The van der Waals surface area contributed by atoms with Crippen molar-refractivity contribution in [2.75, 3.05) is 0 Å². The van der Waals surface area contributed by atoms with Gasteiger partial charge in [0.15, 0.2) is 0 Å². The molecule has 102 valence electrons. The van der Waals surface area contributed by atoms with Gasteiger partial charge < -0.3 is 14.8 Å². The molecule has 1 aromatic heterocycles. The lowest BCUT2D eigenvalue weighted by Gasteiger charge is -2.26. The van der Waals surface area contributed by atoms with Crippen molar-refractivity contribution in [3.05, 3.63) is 24.2 Å². The number of carboxylic acid groups (broad SMARTS) is 1. The highest BCUT2D eigenvalue weighted by atomic mass is 16.4. The van der Waals surface area contributed by atoms with Crippen LogP contribution in [0.2, 0.25) is 0 Å². The molecule has 2 fully saturated rings. The van der Waals surface area contributed by atoms with Crippen LogP contribution < -0.4 is 5.32 Å². The summed E-state index contributed by atoms with van der Waals surface area (Å²) < 4.78 is 5.15. The predicted octanol–water partition coefficient (Wildman–Crippen LogP) is 1.64. The van der Waals surface area contributed by atoms with Crippen LogP contribution in [0.1, 0.15) is 25.0 Å². The molecule has 0 saturated heterocycles. The molecule has 2 aliphatic rings. The maximum absolute atomic E-state index is 12.2. The fraction of sp³-hybridized carbons (Fsp3) is 0.571. The van der Waals surface area contributed by atoms with E-state index in [1.165, 1.54) is 0 Å². The Morgan fingerprint density at radius 1 is 1.32 bits per heavy atom. The van der Waals surface area contributed by atoms with E-state index in [1.807, 2.05) is 0 Å². The van der Waals surface area contributed by atoms with E-state index >= 15 is 0 Å². The Morgan fingerprint density at radius 2 is 2.05 bits per heavy atom. The normalized spacial score (nSPS) is 32.4. The van der Waals surface area contributed by atoms with Crippen LogP contribution in [-0.2, 0) is 16.1 Å². The molecule has 2 aliphatic carbocycles. The first-order valence-electron chi connectivity index (χ1n) is 6.69. The first kappa shape index (κ1) is 12.3. The van der Waals surface area contributed by atoms with Crippen LogP contribution >= 0.6 is 0 Å². The monoisotopic (exact) mass is 263 g/mol. The van der Waals surface area contributed by atoms with Crippen LogP contribution in [0.4, 0.5) is 0 Å². The molecule has 1 heterocycles. The van der Waals surface area contributed by atoms with Gasteiger partial charge in [-0.25, -0.2) is 0 Å². The SMILES string of the molecule is O=C(NCc1ccco1)[C@@H]1[C@@H]2CC[C@@H](C2)[C@@H]1C(=O)O. The summed E-state index contributed by atoms with van der Waals surface area (Å²) in [5.41, 5.74) is 0. The smallest absolute Gasteiger partial charge is 0.307 e. The van der Waals surface area contributed by atoms with E-state index in [0.29, 0.717) is 12.3 Å². The third kappa shape index (κ3) is 2.13. The van der Waals surface area contributed by atoms with Gasteiger partial charge in [0.2, 0.25) is 5.91 Å². The Balaban J connectivity index is 1.66.